The second-order valence-corrected chi connectivity index (χ2v) is 7.21. The lowest BCUT2D eigenvalue weighted by atomic mass is 10.2. The first-order chi connectivity index (χ1) is 9.42. The van der Waals surface area contributed by atoms with Crippen LogP contribution in [0.3, 0.4) is 0 Å². The predicted octanol–water partition coefficient (Wildman–Crippen LogP) is 2.72. The molecule has 1 atom stereocenters. The van der Waals surface area contributed by atoms with Crippen LogP contribution in [0.15, 0.2) is 39.9 Å². The molecular formula is C13H14ClNO3S2. The summed E-state index contributed by atoms with van der Waals surface area (Å²) in [5.41, 5.74) is 1.19. The van der Waals surface area contributed by atoms with Gasteiger partial charge in [-0.3, -0.25) is 0 Å². The highest BCUT2D eigenvalue weighted by molar-refractivity contribution is 7.89. The second-order valence-electron chi connectivity index (χ2n) is 4.29. The predicted molar refractivity (Wildman–Crippen MR) is 80.7 cm³/mol. The fraction of sp³-hybridized carbons (Fsp3) is 0.231. The van der Waals surface area contributed by atoms with E-state index < -0.39 is 16.1 Å². The van der Waals surface area contributed by atoms with Gasteiger partial charge in [-0.1, -0.05) is 17.7 Å². The van der Waals surface area contributed by atoms with E-state index in [2.05, 4.69) is 4.72 Å². The number of sulfonamides is 1. The molecule has 0 radical (unpaired) electrons. The van der Waals surface area contributed by atoms with Crippen LogP contribution in [0.1, 0.15) is 17.2 Å². The maximum absolute atomic E-state index is 12.2. The SMILES string of the molecule is Cc1c(Cl)cccc1S(=O)(=O)NC[C@@H](O)c1ccsc1. The number of benzene rings is 1. The molecule has 1 heterocycles. The molecule has 108 valence electrons. The van der Waals surface area contributed by atoms with Crippen LogP contribution in [0.2, 0.25) is 5.02 Å². The van der Waals surface area contributed by atoms with Crippen LogP contribution in [0.4, 0.5) is 0 Å². The van der Waals surface area contributed by atoms with Crippen LogP contribution in [-0.4, -0.2) is 20.1 Å². The maximum Gasteiger partial charge on any atom is 0.240 e. The second kappa shape index (κ2) is 6.24. The van der Waals surface area contributed by atoms with Crippen molar-refractivity contribution >= 4 is 33.0 Å². The van der Waals surface area contributed by atoms with Crippen molar-refractivity contribution in [2.75, 3.05) is 6.54 Å². The Morgan fingerprint density at radius 3 is 2.80 bits per heavy atom. The zero-order chi connectivity index (χ0) is 14.8. The first-order valence-electron chi connectivity index (χ1n) is 5.87. The average molecular weight is 332 g/mol. The highest BCUT2D eigenvalue weighted by Gasteiger charge is 2.19. The van der Waals surface area contributed by atoms with Crippen molar-refractivity contribution in [2.45, 2.75) is 17.9 Å². The number of rotatable bonds is 5. The molecule has 0 aliphatic rings. The molecule has 0 amide bonds. The van der Waals surface area contributed by atoms with Crippen molar-refractivity contribution < 1.29 is 13.5 Å². The molecule has 0 aliphatic heterocycles. The molecular weight excluding hydrogens is 318 g/mol. The Bertz CT molecular complexity index is 684. The van der Waals surface area contributed by atoms with Crippen LogP contribution < -0.4 is 4.72 Å². The topological polar surface area (TPSA) is 66.4 Å². The number of thiophene rings is 1. The third-order valence-electron chi connectivity index (χ3n) is 2.90. The zero-order valence-corrected chi connectivity index (χ0v) is 13.1. The number of aliphatic hydroxyl groups excluding tert-OH is 1. The van der Waals surface area contributed by atoms with Gasteiger partial charge in [0.15, 0.2) is 0 Å². The molecule has 1 aromatic carbocycles. The third kappa shape index (κ3) is 3.39. The summed E-state index contributed by atoms with van der Waals surface area (Å²) in [7, 11) is -3.69. The molecule has 2 rings (SSSR count). The van der Waals surface area contributed by atoms with E-state index in [4.69, 9.17) is 11.6 Å². The Balaban J connectivity index is 2.14. The summed E-state index contributed by atoms with van der Waals surface area (Å²) in [6.07, 6.45) is -0.865. The number of aliphatic hydroxyl groups is 1. The molecule has 0 saturated carbocycles. The maximum atomic E-state index is 12.2. The third-order valence-corrected chi connectivity index (χ3v) is 5.58. The Hall–Kier alpha value is -0.920. The molecule has 0 saturated heterocycles. The fourth-order valence-corrected chi connectivity index (χ4v) is 3.97. The Labute approximate surface area is 127 Å². The van der Waals surface area contributed by atoms with Crippen LogP contribution in [-0.2, 0) is 10.0 Å². The Morgan fingerprint density at radius 2 is 2.15 bits per heavy atom. The molecule has 2 aromatic rings. The van der Waals surface area contributed by atoms with Gasteiger partial charge in [-0.15, -0.1) is 0 Å². The number of hydrogen-bond donors (Lipinski definition) is 2. The lowest BCUT2D eigenvalue weighted by Gasteiger charge is -2.13. The minimum absolute atomic E-state index is 0.0784. The molecule has 4 nitrogen and oxygen atoms in total. The van der Waals surface area contributed by atoms with Gasteiger partial charge in [-0.05, 0) is 47.0 Å². The lowest BCUT2D eigenvalue weighted by molar-refractivity contribution is 0.182. The van der Waals surface area contributed by atoms with Crippen LogP contribution in [0.25, 0.3) is 0 Å². The molecule has 0 fully saturated rings. The van der Waals surface area contributed by atoms with E-state index >= 15 is 0 Å². The van der Waals surface area contributed by atoms with Gasteiger partial charge in [-0.2, -0.15) is 11.3 Å². The molecule has 2 N–H and O–H groups in total. The molecule has 0 bridgehead atoms. The first-order valence-corrected chi connectivity index (χ1v) is 8.67. The normalized spacial score (nSPS) is 13.3. The van der Waals surface area contributed by atoms with E-state index in [-0.39, 0.29) is 11.4 Å². The van der Waals surface area contributed by atoms with Crippen molar-refractivity contribution in [3.63, 3.8) is 0 Å². The van der Waals surface area contributed by atoms with Crippen molar-refractivity contribution in [2.24, 2.45) is 0 Å². The van der Waals surface area contributed by atoms with E-state index in [1.807, 2.05) is 5.38 Å². The van der Waals surface area contributed by atoms with Crippen LogP contribution in [0, 0.1) is 6.92 Å². The molecule has 1 aromatic heterocycles. The standard InChI is InChI=1S/C13H14ClNO3S2/c1-9-11(14)3-2-4-13(9)20(17,18)15-7-12(16)10-5-6-19-8-10/h2-6,8,12,15-16H,7H2,1H3/t12-/m1/s1. The van der Waals surface area contributed by atoms with Crippen molar-refractivity contribution in [1.29, 1.82) is 0 Å². The molecule has 20 heavy (non-hydrogen) atoms. The number of nitrogens with one attached hydrogen (secondary N) is 1. The van der Waals surface area contributed by atoms with E-state index in [0.29, 0.717) is 16.1 Å². The largest absolute Gasteiger partial charge is 0.387 e. The lowest BCUT2D eigenvalue weighted by Crippen LogP contribution is -2.29. The van der Waals surface area contributed by atoms with Gasteiger partial charge in [0, 0.05) is 11.6 Å². The van der Waals surface area contributed by atoms with Gasteiger partial charge >= 0.3 is 0 Å². The molecule has 0 spiro atoms. The van der Waals surface area contributed by atoms with Gasteiger partial charge in [0.05, 0.1) is 11.0 Å². The van der Waals surface area contributed by atoms with E-state index in [0.717, 1.165) is 0 Å². The summed E-state index contributed by atoms with van der Waals surface area (Å²) in [4.78, 5) is 0.127. The summed E-state index contributed by atoms with van der Waals surface area (Å²) >= 11 is 7.37. The van der Waals surface area contributed by atoms with E-state index in [1.165, 1.54) is 17.4 Å². The van der Waals surface area contributed by atoms with Gasteiger partial charge in [0.1, 0.15) is 0 Å². The fourth-order valence-electron chi connectivity index (χ4n) is 1.73. The number of halogens is 1. The summed E-state index contributed by atoms with van der Waals surface area (Å²) in [5.74, 6) is 0. The summed E-state index contributed by atoms with van der Waals surface area (Å²) in [5, 5.41) is 13.9. The smallest absolute Gasteiger partial charge is 0.240 e. The van der Waals surface area contributed by atoms with Gasteiger partial charge < -0.3 is 5.11 Å². The zero-order valence-electron chi connectivity index (χ0n) is 10.7. The van der Waals surface area contributed by atoms with Crippen LogP contribution >= 0.6 is 22.9 Å². The van der Waals surface area contributed by atoms with Crippen molar-refractivity contribution in [1.82, 2.24) is 4.72 Å². The Kier molecular flexibility index (Phi) is 4.82. The quantitative estimate of drug-likeness (QED) is 0.885. The molecule has 0 unspecified atom stereocenters. The average Bonchev–Trinajstić information content (AvgIpc) is 2.93. The highest BCUT2D eigenvalue weighted by atomic mass is 35.5. The minimum Gasteiger partial charge on any atom is -0.387 e. The van der Waals surface area contributed by atoms with Crippen molar-refractivity contribution in [3.05, 3.63) is 51.2 Å². The van der Waals surface area contributed by atoms with Crippen molar-refractivity contribution in [3.8, 4) is 0 Å². The van der Waals surface area contributed by atoms with E-state index in [9.17, 15) is 13.5 Å². The summed E-state index contributed by atoms with van der Waals surface area (Å²) in [6.45, 7) is 1.57. The van der Waals surface area contributed by atoms with E-state index in [1.54, 1.807) is 30.5 Å². The summed E-state index contributed by atoms with van der Waals surface area (Å²) in [6, 6.07) is 6.46. The van der Waals surface area contributed by atoms with Gasteiger partial charge in [0.25, 0.3) is 0 Å². The molecule has 7 heteroatoms. The van der Waals surface area contributed by atoms with Gasteiger partial charge in [0.2, 0.25) is 10.0 Å². The Morgan fingerprint density at radius 1 is 1.40 bits per heavy atom. The van der Waals surface area contributed by atoms with Crippen LogP contribution in [0.5, 0.6) is 0 Å². The minimum atomic E-state index is -3.69. The highest BCUT2D eigenvalue weighted by Crippen LogP contribution is 2.23. The molecule has 0 aliphatic carbocycles. The number of hydrogen-bond acceptors (Lipinski definition) is 4. The summed E-state index contributed by atoms with van der Waals surface area (Å²) < 4.78 is 26.8. The first kappa shape index (κ1) is 15.5. The van der Waals surface area contributed by atoms with Gasteiger partial charge in [-0.25, -0.2) is 13.1 Å². The monoisotopic (exact) mass is 331 g/mol.